The first-order valence-corrected chi connectivity index (χ1v) is 5.20. The average molecular weight is 217 g/mol. The summed E-state index contributed by atoms with van der Waals surface area (Å²) in [5, 5.41) is 6.83. The van der Waals surface area contributed by atoms with Crippen LogP contribution in [0.3, 0.4) is 0 Å². The van der Waals surface area contributed by atoms with Gasteiger partial charge in [-0.05, 0) is 31.5 Å². The molecule has 2 aromatic rings. The van der Waals surface area contributed by atoms with Crippen LogP contribution < -0.4 is 10.5 Å². The van der Waals surface area contributed by atoms with E-state index >= 15 is 0 Å². The Labute approximate surface area is 94.4 Å². The van der Waals surface area contributed by atoms with Crippen molar-refractivity contribution in [1.82, 2.24) is 10.2 Å². The molecule has 3 N–H and O–H groups in total. The van der Waals surface area contributed by atoms with Gasteiger partial charge < -0.3 is 10.5 Å². The zero-order chi connectivity index (χ0) is 11.5. The molecule has 0 saturated heterocycles. The highest BCUT2D eigenvalue weighted by atomic mass is 16.5. The van der Waals surface area contributed by atoms with Gasteiger partial charge in [-0.15, -0.1) is 5.10 Å². The summed E-state index contributed by atoms with van der Waals surface area (Å²) in [6.07, 6.45) is 0. The Kier molecular flexibility index (Phi) is 2.92. The molecule has 0 fully saturated rings. The predicted molar refractivity (Wildman–Crippen MR) is 62.4 cm³/mol. The van der Waals surface area contributed by atoms with Gasteiger partial charge in [0, 0.05) is 17.8 Å². The Morgan fingerprint density at radius 1 is 1.38 bits per heavy atom. The van der Waals surface area contributed by atoms with Crippen molar-refractivity contribution in [2.45, 2.75) is 19.9 Å². The molecule has 0 aliphatic heterocycles. The first-order valence-electron chi connectivity index (χ1n) is 5.20. The van der Waals surface area contributed by atoms with Gasteiger partial charge in [0.2, 0.25) is 5.88 Å². The maximum absolute atomic E-state index is 5.80. The number of hydrogen-bond acceptors (Lipinski definition) is 3. The number of ether oxygens (including phenoxy) is 1. The minimum absolute atomic E-state index is 0.00414. The zero-order valence-electron chi connectivity index (χ0n) is 9.40. The van der Waals surface area contributed by atoms with Gasteiger partial charge in [0.1, 0.15) is 5.75 Å². The Morgan fingerprint density at radius 3 is 2.81 bits per heavy atom. The van der Waals surface area contributed by atoms with Crippen LogP contribution in [0.15, 0.2) is 30.3 Å². The highest BCUT2D eigenvalue weighted by Gasteiger charge is 2.04. The molecule has 2 rings (SSSR count). The molecule has 4 nitrogen and oxygen atoms in total. The summed E-state index contributed by atoms with van der Waals surface area (Å²) in [5.41, 5.74) is 7.82. The SMILES string of the molecule is Cc1cc(Oc2cccc(C(C)N)c2)n[nH]1. The molecule has 1 aromatic heterocycles. The molecule has 0 amide bonds. The molecular weight excluding hydrogens is 202 g/mol. The quantitative estimate of drug-likeness (QED) is 0.830. The van der Waals surface area contributed by atoms with Crippen LogP contribution in [0.4, 0.5) is 0 Å². The number of rotatable bonds is 3. The number of benzene rings is 1. The van der Waals surface area contributed by atoms with E-state index < -0.39 is 0 Å². The van der Waals surface area contributed by atoms with Crippen molar-refractivity contribution in [3.05, 3.63) is 41.6 Å². The molecule has 0 radical (unpaired) electrons. The molecule has 0 bridgehead atoms. The lowest BCUT2D eigenvalue weighted by Crippen LogP contribution is -2.04. The number of nitrogens with two attached hydrogens (primary N) is 1. The second-order valence-electron chi connectivity index (χ2n) is 3.85. The summed E-state index contributed by atoms with van der Waals surface area (Å²) in [7, 11) is 0. The Balaban J connectivity index is 2.18. The Hall–Kier alpha value is -1.81. The van der Waals surface area contributed by atoms with Crippen LogP contribution in [-0.2, 0) is 0 Å². The van der Waals surface area contributed by atoms with Gasteiger partial charge in [-0.3, -0.25) is 5.10 Å². The van der Waals surface area contributed by atoms with E-state index in [1.807, 2.05) is 44.2 Å². The van der Waals surface area contributed by atoms with Crippen molar-refractivity contribution in [3.8, 4) is 11.6 Å². The second-order valence-corrected chi connectivity index (χ2v) is 3.85. The van der Waals surface area contributed by atoms with Crippen LogP contribution in [0.5, 0.6) is 11.6 Å². The van der Waals surface area contributed by atoms with Crippen molar-refractivity contribution in [2.75, 3.05) is 0 Å². The second kappa shape index (κ2) is 4.37. The van der Waals surface area contributed by atoms with Crippen LogP contribution in [0.1, 0.15) is 24.2 Å². The summed E-state index contributed by atoms with van der Waals surface area (Å²) >= 11 is 0. The monoisotopic (exact) mass is 217 g/mol. The molecule has 4 heteroatoms. The fourth-order valence-corrected chi connectivity index (χ4v) is 1.43. The van der Waals surface area contributed by atoms with Gasteiger partial charge in [-0.1, -0.05) is 12.1 Å². The summed E-state index contributed by atoms with van der Waals surface area (Å²) < 4.78 is 5.59. The highest BCUT2D eigenvalue weighted by molar-refractivity contribution is 5.32. The maximum Gasteiger partial charge on any atom is 0.238 e. The molecule has 1 aromatic carbocycles. The van der Waals surface area contributed by atoms with Crippen LogP contribution in [-0.4, -0.2) is 10.2 Å². The maximum atomic E-state index is 5.80. The van der Waals surface area contributed by atoms with Crippen molar-refractivity contribution in [3.63, 3.8) is 0 Å². The number of hydrogen-bond donors (Lipinski definition) is 2. The third-order valence-electron chi connectivity index (χ3n) is 2.29. The van der Waals surface area contributed by atoms with Crippen LogP contribution in [0.2, 0.25) is 0 Å². The molecule has 0 aliphatic rings. The fourth-order valence-electron chi connectivity index (χ4n) is 1.43. The molecule has 0 aliphatic carbocycles. The van der Waals surface area contributed by atoms with E-state index in [1.54, 1.807) is 0 Å². The zero-order valence-corrected chi connectivity index (χ0v) is 9.40. The van der Waals surface area contributed by atoms with Gasteiger partial charge in [0.25, 0.3) is 0 Å². The van der Waals surface area contributed by atoms with E-state index in [0.29, 0.717) is 5.88 Å². The van der Waals surface area contributed by atoms with E-state index in [0.717, 1.165) is 17.0 Å². The van der Waals surface area contributed by atoms with Gasteiger partial charge in [0.15, 0.2) is 0 Å². The van der Waals surface area contributed by atoms with Gasteiger partial charge in [-0.25, -0.2) is 0 Å². The molecule has 1 heterocycles. The predicted octanol–water partition coefficient (Wildman–Crippen LogP) is 2.53. The van der Waals surface area contributed by atoms with E-state index in [1.165, 1.54) is 0 Å². The summed E-state index contributed by atoms with van der Waals surface area (Å²) in [4.78, 5) is 0. The first-order chi connectivity index (χ1) is 7.65. The lowest BCUT2D eigenvalue weighted by atomic mass is 10.1. The van der Waals surface area contributed by atoms with Crippen molar-refractivity contribution >= 4 is 0 Å². The standard InChI is InChI=1S/C12H15N3O/c1-8-6-12(15-14-8)16-11-5-3-4-10(7-11)9(2)13/h3-7,9H,13H2,1-2H3,(H,14,15). The third kappa shape index (κ3) is 2.41. The summed E-state index contributed by atoms with van der Waals surface area (Å²) in [6.45, 7) is 3.87. The Morgan fingerprint density at radius 2 is 2.19 bits per heavy atom. The van der Waals surface area contributed by atoms with E-state index in [4.69, 9.17) is 10.5 Å². The van der Waals surface area contributed by atoms with Gasteiger partial charge in [0.05, 0.1) is 0 Å². The molecule has 1 unspecified atom stereocenters. The van der Waals surface area contributed by atoms with Gasteiger partial charge in [-0.2, -0.15) is 0 Å². The summed E-state index contributed by atoms with van der Waals surface area (Å²) in [6, 6.07) is 9.56. The number of aromatic nitrogens is 2. The van der Waals surface area contributed by atoms with Crippen LogP contribution >= 0.6 is 0 Å². The lowest BCUT2D eigenvalue weighted by molar-refractivity contribution is 0.460. The molecule has 0 spiro atoms. The lowest BCUT2D eigenvalue weighted by Gasteiger charge is -2.07. The first kappa shape index (κ1) is 10.7. The molecule has 84 valence electrons. The molecular formula is C12H15N3O. The van der Waals surface area contributed by atoms with Crippen molar-refractivity contribution in [1.29, 1.82) is 0 Å². The minimum atomic E-state index is 0.00414. The number of nitrogens with one attached hydrogen (secondary N) is 1. The average Bonchev–Trinajstić information content (AvgIpc) is 2.64. The number of H-pyrrole nitrogens is 1. The summed E-state index contributed by atoms with van der Waals surface area (Å²) in [5.74, 6) is 1.32. The van der Waals surface area contributed by atoms with Crippen molar-refractivity contribution in [2.24, 2.45) is 5.73 Å². The van der Waals surface area contributed by atoms with Crippen LogP contribution in [0.25, 0.3) is 0 Å². The van der Waals surface area contributed by atoms with E-state index in [-0.39, 0.29) is 6.04 Å². The van der Waals surface area contributed by atoms with Crippen molar-refractivity contribution < 1.29 is 4.74 Å². The number of aromatic amines is 1. The molecule has 1 atom stereocenters. The van der Waals surface area contributed by atoms with Gasteiger partial charge >= 0.3 is 0 Å². The highest BCUT2D eigenvalue weighted by Crippen LogP contribution is 2.22. The third-order valence-corrected chi connectivity index (χ3v) is 2.29. The minimum Gasteiger partial charge on any atom is -0.438 e. The number of aryl methyl sites for hydroxylation is 1. The fraction of sp³-hybridized carbons (Fsp3) is 0.250. The normalized spacial score (nSPS) is 12.4. The Bertz CT molecular complexity index is 477. The smallest absolute Gasteiger partial charge is 0.238 e. The topological polar surface area (TPSA) is 63.9 Å². The van der Waals surface area contributed by atoms with E-state index in [9.17, 15) is 0 Å². The van der Waals surface area contributed by atoms with E-state index in [2.05, 4.69) is 10.2 Å². The van der Waals surface area contributed by atoms with Crippen LogP contribution in [0, 0.1) is 6.92 Å². The molecule has 0 saturated carbocycles. The largest absolute Gasteiger partial charge is 0.438 e. The number of nitrogens with zero attached hydrogens (tertiary/aromatic N) is 1. The molecule has 16 heavy (non-hydrogen) atoms.